The maximum atomic E-state index is 9.60. The number of phenols is 1. The third kappa shape index (κ3) is 2.89. The number of anilines is 1. The van der Waals surface area contributed by atoms with Gasteiger partial charge >= 0.3 is 0 Å². The molecule has 1 fully saturated rings. The highest BCUT2D eigenvalue weighted by molar-refractivity contribution is 5.55. The molecule has 0 unspecified atom stereocenters. The number of phenolic OH excluding ortho intramolecular Hbond substituents is 1. The Morgan fingerprint density at radius 3 is 2.56 bits per heavy atom. The molecule has 0 spiro atoms. The number of aromatic hydroxyl groups is 1. The van der Waals surface area contributed by atoms with E-state index in [0.29, 0.717) is 17.7 Å². The monoisotopic (exact) mass is 220 g/mol. The van der Waals surface area contributed by atoms with Crippen LogP contribution in [0.2, 0.25) is 0 Å². The summed E-state index contributed by atoms with van der Waals surface area (Å²) in [5, 5.41) is 12.9. The third-order valence-corrected chi connectivity index (χ3v) is 3.38. The summed E-state index contributed by atoms with van der Waals surface area (Å²) < 4.78 is 0. The van der Waals surface area contributed by atoms with Crippen molar-refractivity contribution in [1.82, 2.24) is 0 Å². The van der Waals surface area contributed by atoms with E-state index in [1.54, 1.807) is 6.07 Å². The average Bonchev–Trinajstić information content (AvgIpc) is 2.30. The molecule has 0 bridgehead atoms. The van der Waals surface area contributed by atoms with Crippen molar-refractivity contribution in [2.45, 2.75) is 31.7 Å². The fraction of sp³-hybridized carbons (Fsp3) is 0.538. The number of hydrogen-bond acceptors (Lipinski definition) is 3. The summed E-state index contributed by atoms with van der Waals surface area (Å²) >= 11 is 0. The van der Waals surface area contributed by atoms with E-state index in [0.717, 1.165) is 25.1 Å². The van der Waals surface area contributed by atoms with Crippen LogP contribution in [0.3, 0.4) is 0 Å². The van der Waals surface area contributed by atoms with Gasteiger partial charge in [0.2, 0.25) is 0 Å². The van der Waals surface area contributed by atoms with Crippen molar-refractivity contribution >= 4 is 5.69 Å². The summed E-state index contributed by atoms with van der Waals surface area (Å²) in [7, 11) is 0. The number of para-hydroxylation sites is 2. The average molecular weight is 220 g/mol. The molecule has 1 aliphatic carbocycles. The van der Waals surface area contributed by atoms with Crippen molar-refractivity contribution in [3.63, 3.8) is 0 Å². The van der Waals surface area contributed by atoms with Crippen molar-refractivity contribution in [3.8, 4) is 5.75 Å². The number of nitrogens with two attached hydrogens (primary N) is 1. The minimum absolute atomic E-state index is 0.329. The quantitative estimate of drug-likeness (QED) is 0.685. The SMILES string of the molecule is NC1CCC(CNc2ccccc2O)CC1. The molecular weight excluding hydrogens is 200 g/mol. The van der Waals surface area contributed by atoms with Crippen LogP contribution >= 0.6 is 0 Å². The lowest BCUT2D eigenvalue weighted by Gasteiger charge is -2.26. The summed E-state index contributed by atoms with van der Waals surface area (Å²) in [6.45, 7) is 0.935. The summed E-state index contributed by atoms with van der Waals surface area (Å²) in [6, 6.07) is 7.78. The van der Waals surface area contributed by atoms with Crippen LogP contribution in [-0.2, 0) is 0 Å². The van der Waals surface area contributed by atoms with Gasteiger partial charge < -0.3 is 16.2 Å². The van der Waals surface area contributed by atoms with Gasteiger partial charge in [0.1, 0.15) is 5.75 Å². The summed E-state index contributed by atoms with van der Waals surface area (Å²) in [6.07, 6.45) is 4.66. The Kier molecular flexibility index (Phi) is 3.67. The molecule has 3 heteroatoms. The zero-order valence-corrected chi connectivity index (χ0v) is 9.52. The van der Waals surface area contributed by atoms with E-state index < -0.39 is 0 Å². The van der Waals surface area contributed by atoms with Gasteiger partial charge in [-0.25, -0.2) is 0 Å². The molecule has 88 valence electrons. The summed E-state index contributed by atoms with van der Waals surface area (Å²) in [4.78, 5) is 0. The minimum Gasteiger partial charge on any atom is -0.506 e. The molecule has 4 N–H and O–H groups in total. The predicted octanol–water partition coefficient (Wildman–Crippen LogP) is 2.32. The predicted molar refractivity (Wildman–Crippen MR) is 66.5 cm³/mol. The zero-order chi connectivity index (χ0) is 11.4. The number of nitrogens with one attached hydrogen (secondary N) is 1. The van der Waals surface area contributed by atoms with Gasteiger partial charge in [0.05, 0.1) is 5.69 Å². The first kappa shape index (κ1) is 11.3. The normalized spacial score (nSPS) is 25.3. The second kappa shape index (κ2) is 5.21. The highest BCUT2D eigenvalue weighted by atomic mass is 16.3. The molecule has 0 aliphatic heterocycles. The fourth-order valence-corrected chi connectivity index (χ4v) is 2.27. The molecule has 0 saturated heterocycles. The first-order valence-corrected chi connectivity index (χ1v) is 6.03. The van der Waals surface area contributed by atoms with E-state index in [1.165, 1.54) is 12.8 Å². The molecule has 16 heavy (non-hydrogen) atoms. The van der Waals surface area contributed by atoms with E-state index in [2.05, 4.69) is 5.32 Å². The first-order valence-electron chi connectivity index (χ1n) is 6.03. The van der Waals surface area contributed by atoms with Gasteiger partial charge in [0.15, 0.2) is 0 Å². The van der Waals surface area contributed by atoms with Crippen LogP contribution in [0.5, 0.6) is 5.75 Å². The topological polar surface area (TPSA) is 58.3 Å². The second-order valence-corrected chi connectivity index (χ2v) is 4.68. The lowest BCUT2D eigenvalue weighted by Crippen LogP contribution is -2.29. The van der Waals surface area contributed by atoms with E-state index >= 15 is 0 Å². The Labute approximate surface area is 96.7 Å². The van der Waals surface area contributed by atoms with Crippen LogP contribution in [0.4, 0.5) is 5.69 Å². The van der Waals surface area contributed by atoms with Crippen LogP contribution in [0, 0.1) is 5.92 Å². The molecule has 1 aromatic rings. The minimum atomic E-state index is 0.329. The van der Waals surface area contributed by atoms with Gasteiger partial charge in [-0.3, -0.25) is 0 Å². The molecule has 0 radical (unpaired) electrons. The first-order chi connectivity index (χ1) is 7.75. The van der Waals surface area contributed by atoms with Crippen molar-refractivity contribution < 1.29 is 5.11 Å². The number of hydrogen-bond donors (Lipinski definition) is 3. The van der Waals surface area contributed by atoms with Crippen LogP contribution in [-0.4, -0.2) is 17.7 Å². The maximum absolute atomic E-state index is 9.60. The molecular formula is C13H20N2O. The number of benzene rings is 1. The van der Waals surface area contributed by atoms with Crippen molar-refractivity contribution in [3.05, 3.63) is 24.3 Å². The van der Waals surface area contributed by atoms with Gasteiger partial charge in [0.25, 0.3) is 0 Å². The lowest BCUT2D eigenvalue weighted by molar-refractivity contribution is 0.338. The Hall–Kier alpha value is -1.22. The Morgan fingerprint density at radius 1 is 1.19 bits per heavy atom. The molecule has 0 heterocycles. The van der Waals surface area contributed by atoms with Gasteiger partial charge in [-0.1, -0.05) is 12.1 Å². The lowest BCUT2D eigenvalue weighted by atomic mass is 9.86. The molecule has 1 aliphatic rings. The molecule has 1 saturated carbocycles. The van der Waals surface area contributed by atoms with E-state index in [4.69, 9.17) is 5.73 Å². The largest absolute Gasteiger partial charge is 0.506 e. The standard InChI is InChI=1S/C13H20N2O/c14-11-7-5-10(6-8-11)9-15-12-3-1-2-4-13(12)16/h1-4,10-11,15-16H,5-9,14H2. The Balaban J connectivity index is 1.81. The van der Waals surface area contributed by atoms with Crippen LogP contribution in [0.15, 0.2) is 24.3 Å². The van der Waals surface area contributed by atoms with Crippen molar-refractivity contribution in [1.29, 1.82) is 0 Å². The van der Waals surface area contributed by atoms with Gasteiger partial charge in [0, 0.05) is 12.6 Å². The maximum Gasteiger partial charge on any atom is 0.138 e. The van der Waals surface area contributed by atoms with Gasteiger partial charge in [-0.15, -0.1) is 0 Å². The fourth-order valence-electron chi connectivity index (χ4n) is 2.27. The van der Waals surface area contributed by atoms with Crippen LogP contribution < -0.4 is 11.1 Å². The number of rotatable bonds is 3. The van der Waals surface area contributed by atoms with Gasteiger partial charge in [-0.2, -0.15) is 0 Å². The smallest absolute Gasteiger partial charge is 0.138 e. The van der Waals surface area contributed by atoms with E-state index in [9.17, 15) is 5.11 Å². The molecule has 1 aromatic carbocycles. The highest BCUT2D eigenvalue weighted by Gasteiger charge is 2.18. The molecule has 2 rings (SSSR count). The van der Waals surface area contributed by atoms with E-state index in [-0.39, 0.29) is 0 Å². The summed E-state index contributed by atoms with van der Waals surface area (Å²) in [5.74, 6) is 1.02. The van der Waals surface area contributed by atoms with Crippen LogP contribution in [0.1, 0.15) is 25.7 Å². The molecule has 0 amide bonds. The van der Waals surface area contributed by atoms with E-state index in [1.807, 2.05) is 18.2 Å². The Morgan fingerprint density at radius 2 is 1.88 bits per heavy atom. The summed E-state index contributed by atoms with van der Waals surface area (Å²) in [5.41, 5.74) is 6.70. The molecule has 3 nitrogen and oxygen atoms in total. The van der Waals surface area contributed by atoms with Crippen molar-refractivity contribution in [2.75, 3.05) is 11.9 Å². The second-order valence-electron chi connectivity index (χ2n) is 4.68. The van der Waals surface area contributed by atoms with Crippen LogP contribution in [0.25, 0.3) is 0 Å². The molecule has 0 atom stereocenters. The van der Waals surface area contributed by atoms with Crippen molar-refractivity contribution in [2.24, 2.45) is 11.7 Å². The zero-order valence-electron chi connectivity index (χ0n) is 9.52. The Bertz CT molecular complexity index is 332. The van der Waals surface area contributed by atoms with Gasteiger partial charge in [-0.05, 0) is 43.7 Å². The highest BCUT2D eigenvalue weighted by Crippen LogP contribution is 2.26. The third-order valence-electron chi connectivity index (χ3n) is 3.38. The molecule has 0 aromatic heterocycles.